The number of aryl methyl sites for hydroxylation is 2. The summed E-state index contributed by atoms with van der Waals surface area (Å²) in [6.07, 6.45) is 0.999. The van der Waals surface area contributed by atoms with Gasteiger partial charge in [0.2, 0.25) is 5.91 Å². The lowest BCUT2D eigenvalue weighted by Gasteiger charge is -2.16. The van der Waals surface area contributed by atoms with E-state index >= 15 is 0 Å². The molecular weight excluding hydrogens is 420 g/mol. The van der Waals surface area contributed by atoms with Gasteiger partial charge < -0.3 is 14.6 Å². The number of benzene rings is 2. The van der Waals surface area contributed by atoms with Gasteiger partial charge in [-0.3, -0.25) is 4.79 Å². The fourth-order valence-corrected chi connectivity index (χ4v) is 4.07. The summed E-state index contributed by atoms with van der Waals surface area (Å²) in [5.74, 6) is 1.91. The van der Waals surface area contributed by atoms with Crippen molar-refractivity contribution in [3.63, 3.8) is 0 Å². The van der Waals surface area contributed by atoms with Crippen molar-refractivity contribution in [2.75, 3.05) is 5.32 Å². The lowest BCUT2D eigenvalue weighted by atomic mass is 10.2. The van der Waals surface area contributed by atoms with E-state index < -0.39 is 0 Å². The minimum atomic E-state index is -0.319. The third kappa shape index (κ3) is 6.36. The van der Waals surface area contributed by atoms with Crippen LogP contribution in [0.3, 0.4) is 0 Å². The molecular formula is C25H32N4O2S. The summed E-state index contributed by atoms with van der Waals surface area (Å²) in [5, 5.41) is 12.2. The maximum Gasteiger partial charge on any atom is 0.237 e. The topological polar surface area (TPSA) is 69.0 Å². The summed E-state index contributed by atoms with van der Waals surface area (Å²) in [5.41, 5.74) is 3.14. The highest BCUT2D eigenvalue weighted by atomic mass is 32.2. The van der Waals surface area contributed by atoms with Crippen LogP contribution >= 0.6 is 11.8 Å². The van der Waals surface area contributed by atoms with Gasteiger partial charge >= 0.3 is 0 Å². The van der Waals surface area contributed by atoms with E-state index in [1.807, 2.05) is 50.2 Å². The fourth-order valence-electron chi connectivity index (χ4n) is 3.19. The van der Waals surface area contributed by atoms with E-state index in [0.29, 0.717) is 12.5 Å². The second kappa shape index (κ2) is 11.2. The van der Waals surface area contributed by atoms with Gasteiger partial charge in [0, 0.05) is 12.2 Å². The van der Waals surface area contributed by atoms with Gasteiger partial charge in [-0.25, -0.2) is 0 Å². The molecule has 6 nitrogen and oxygen atoms in total. The highest BCUT2D eigenvalue weighted by Crippen LogP contribution is 2.25. The normalized spacial score (nSPS) is 12.1. The molecule has 1 aromatic heterocycles. The van der Waals surface area contributed by atoms with Gasteiger partial charge in [0.1, 0.15) is 12.4 Å². The number of thioether (sulfide) groups is 1. The van der Waals surface area contributed by atoms with Crippen molar-refractivity contribution in [1.82, 2.24) is 14.8 Å². The van der Waals surface area contributed by atoms with Crippen molar-refractivity contribution < 1.29 is 9.53 Å². The molecule has 0 fully saturated rings. The maximum absolute atomic E-state index is 12.8. The zero-order valence-electron chi connectivity index (χ0n) is 19.5. The molecule has 1 amide bonds. The molecule has 0 saturated heterocycles. The van der Waals surface area contributed by atoms with Crippen LogP contribution in [0, 0.1) is 12.8 Å². The van der Waals surface area contributed by atoms with Crippen LogP contribution in [-0.2, 0) is 24.4 Å². The molecule has 0 spiro atoms. The number of nitrogens with zero attached hydrogens (tertiary/aromatic N) is 3. The Balaban J connectivity index is 1.69. The Morgan fingerprint density at radius 1 is 1.09 bits per heavy atom. The number of hydrogen-bond acceptors (Lipinski definition) is 5. The maximum atomic E-state index is 12.8. The molecule has 170 valence electrons. The van der Waals surface area contributed by atoms with E-state index in [0.717, 1.165) is 40.9 Å². The number of anilines is 1. The SMILES string of the molecule is CCc1ccc(OCc2nnc(SC(C)C(=O)Nc3ccccc3C)n2CC(C)C)cc1. The molecule has 0 bridgehead atoms. The van der Waals surface area contributed by atoms with Crippen molar-refractivity contribution in [3.8, 4) is 5.75 Å². The van der Waals surface area contributed by atoms with Crippen LogP contribution in [0.4, 0.5) is 5.69 Å². The average Bonchev–Trinajstić information content (AvgIpc) is 3.14. The summed E-state index contributed by atoms with van der Waals surface area (Å²) in [7, 11) is 0. The van der Waals surface area contributed by atoms with Gasteiger partial charge in [-0.15, -0.1) is 10.2 Å². The smallest absolute Gasteiger partial charge is 0.237 e. The minimum absolute atomic E-state index is 0.0581. The molecule has 3 aromatic rings. The Hall–Kier alpha value is -2.80. The highest BCUT2D eigenvalue weighted by Gasteiger charge is 2.21. The predicted octanol–water partition coefficient (Wildman–Crippen LogP) is 5.50. The summed E-state index contributed by atoms with van der Waals surface area (Å²) in [6, 6.07) is 15.9. The number of carbonyl (C=O) groups excluding carboxylic acids is 1. The summed E-state index contributed by atoms with van der Waals surface area (Å²) in [6.45, 7) is 11.4. The Morgan fingerprint density at radius 3 is 2.47 bits per heavy atom. The Kier molecular flexibility index (Phi) is 8.33. The van der Waals surface area contributed by atoms with Gasteiger partial charge in [0.05, 0.1) is 5.25 Å². The van der Waals surface area contributed by atoms with Gasteiger partial charge in [-0.2, -0.15) is 0 Å². The molecule has 32 heavy (non-hydrogen) atoms. The van der Waals surface area contributed by atoms with E-state index in [-0.39, 0.29) is 11.2 Å². The van der Waals surface area contributed by atoms with E-state index in [4.69, 9.17) is 4.74 Å². The first-order valence-corrected chi connectivity index (χ1v) is 11.9. The second-order valence-electron chi connectivity index (χ2n) is 8.25. The van der Waals surface area contributed by atoms with E-state index in [1.165, 1.54) is 17.3 Å². The summed E-state index contributed by atoms with van der Waals surface area (Å²) in [4.78, 5) is 12.8. The second-order valence-corrected chi connectivity index (χ2v) is 9.56. The number of aromatic nitrogens is 3. The van der Waals surface area contributed by atoms with Gasteiger partial charge in [-0.05, 0) is 55.5 Å². The molecule has 0 saturated carbocycles. The number of hydrogen-bond donors (Lipinski definition) is 1. The number of amides is 1. The number of nitrogens with one attached hydrogen (secondary N) is 1. The number of rotatable bonds is 10. The van der Waals surface area contributed by atoms with Crippen LogP contribution in [0.25, 0.3) is 0 Å². The zero-order chi connectivity index (χ0) is 23.1. The summed E-state index contributed by atoms with van der Waals surface area (Å²) >= 11 is 1.41. The molecule has 1 atom stereocenters. The third-order valence-corrected chi connectivity index (χ3v) is 6.18. The standard InChI is InChI=1S/C25H32N4O2S/c1-6-20-11-13-21(14-12-20)31-16-23-27-28-25(29(23)15-17(2)3)32-19(5)24(30)26-22-10-8-7-9-18(22)4/h7-14,17,19H,6,15-16H2,1-5H3,(H,26,30). The third-order valence-electron chi connectivity index (χ3n) is 5.10. The fraction of sp³-hybridized carbons (Fsp3) is 0.400. The number of carbonyl (C=O) groups is 1. The molecule has 1 N–H and O–H groups in total. The van der Waals surface area contributed by atoms with Gasteiger partial charge in [0.15, 0.2) is 11.0 Å². The molecule has 0 aliphatic carbocycles. The Labute approximate surface area is 194 Å². The van der Waals surface area contributed by atoms with E-state index in [2.05, 4.69) is 53.0 Å². The molecule has 3 rings (SSSR count). The van der Waals surface area contributed by atoms with Crippen LogP contribution in [0.5, 0.6) is 5.75 Å². The van der Waals surface area contributed by atoms with Crippen molar-refractivity contribution in [3.05, 3.63) is 65.5 Å². The van der Waals surface area contributed by atoms with Crippen molar-refractivity contribution in [2.45, 2.75) is 64.6 Å². The van der Waals surface area contributed by atoms with Gasteiger partial charge in [-0.1, -0.05) is 62.9 Å². The van der Waals surface area contributed by atoms with Crippen LogP contribution in [-0.4, -0.2) is 25.9 Å². The highest BCUT2D eigenvalue weighted by molar-refractivity contribution is 8.00. The quantitative estimate of drug-likeness (QED) is 0.411. The van der Waals surface area contributed by atoms with Gasteiger partial charge in [0.25, 0.3) is 0 Å². The summed E-state index contributed by atoms with van der Waals surface area (Å²) < 4.78 is 8.02. The van der Waals surface area contributed by atoms with Crippen molar-refractivity contribution in [1.29, 1.82) is 0 Å². The first-order valence-electron chi connectivity index (χ1n) is 11.0. The first-order chi connectivity index (χ1) is 15.4. The van der Waals surface area contributed by atoms with E-state index in [9.17, 15) is 4.79 Å². The molecule has 1 heterocycles. The largest absolute Gasteiger partial charge is 0.486 e. The van der Waals surface area contributed by atoms with Crippen LogP contribution in [0.15, 0.2) is 53.7 Å². The Bertz CT molecular complexity index is 1030. The lowest BCUT2D eigenvalue weighted by molar-refractivity contribution is -0.115. The molecule has 7 heteroatoms. The lowest BCUT2D eigenvalue weighted by Crippen LogP contribution is -2.23. The number of ether oxygens (including phenoxy) is 1. The number of para-hydroxylation sites is 1. The molecule has 1 unspecified atom stereocenters. The zero-order valence-corrected chi connectivity index (χ0v) is 20.3. The van der Waals surface area contributed by atoms with Crippen LogP contribution < -0.4 is 10.1 Å². The van der Waals surface area contributed by atoms with Crippen LogP contribution in [0.2, 0.25) is 0 Å². The van der Waals surface area contributed by atoms with Crippen molar-refractivity contribution in [2.24, 2.45) is 5.92 Å². The molecule has 0 aliphatic heterocycles. The monoisotopic (exact) mass is 452 g/mol. The molecule has 0 aliphatic rings. The van der Waals surface area contributed by atoms with Crippen molar-refractivity contribution >= 4 is 23.4 Å². The Morgan fingerprint density at radius 2 is 1.81 bits per heavy atom. The van der Waals surface area contributed by atoms with Crippen LogP contribution in [0.1, 0.15) is 44.6 Å². The molecule has 2 aromatic carbocycles. The average molecular weight is 453 g/mol. The minimum Gasteiger partial charge on any atom is -0.486 e. The first kappa shape index (κ1) is 23.9. The van der Waals surface area contributed by atoms with E-state index in [1.54, 1.807) is 0 Å². The predicted molar refractivity (Wildman–Crippen MR) is 130 cm³/mol. The molecule has 0 radical (unpaired) electrons.